The van der Waals surface area contributed by atoms with Gasteiger partial charge in [0.15, 0.2) is 0 Å². The summed E-state index contributed by atoms with van der Waals surface area (Å²) in [6.07, 6.45) is 2.29. The fraction of sp³-hybridized carbons (Fsp3) is 0.400. The zero-order valence-electron chi connectivity index (χ0n) is 13.5. The molecular weight excluding hydrogens is 254 g/mol. The molecule has 0 aliphatic rings. The van der Waals surface area contributed by atoms with Gasteiger partial charge in [0, 0.05) is 12.5 Å². The second-order valence-electron chi connectivity index (χ2n) is 5.87. The van der Waals surface area contributed by atoms with E-state index in [0.717, 1.165) is 19.5 Å². The second kappa shape index (κ2) is 7.99. The first-order valence-corrected chi connectivity index (χ1v) is 8.03. The van der Waals surface area contributed by atoms with Gasteiger partial charge in [0.25, 0.3) is 0 Å². The van der Waals surface area contributed by atoms with Gasteiger partial charge in [-0.25, -0.2) is 0 Å². The van der Waals surface area contributed by atoms with Crippen molar-refractivity contribution in [1.82, 2.24) is 5.32 Å². The molecule has 0 saturated carbocycles. The molecule has 0 bridgehead atoms. The van der Waals surface area contributed by atoms with E-state index in [9.17, 15) is 0 Å². The molecule has 112 valence electrons. The van der Waals surface area contributed by atoms with Crippen molar-refractivity contribution >= 4 is 0 Å². The van der Waals surface area contributed by atoms with E-state index in [1.165, 1.54) is 28.7 Å². The van der Waals surface area contributed by atoms with E-state index in [1.807, 2.05) is 0 Å². The molecule has 0 fully saturated rings. The highest BCUT2D eigenvalue weighted by atomic mass is 14.8. The highest BCUT2D eigenvalue weighted by molar-refractivity contribution is 5.35. The van der Waals surface area contributed by atoms with Crippen LogP contribution in [0.2, 0.25) is 0 Å². The summed E-state index contributed by atoms with van der Waals surface area (Å²) in [5, 5.41) is 3.59. The smallest absolute Gasteiger partial charge is 0.00233 e. The van der Waals surface area contributed by atoms with E-state index in [1.54, 1.807) is 0 Å². The van der Waals surface area contributed by atoms with Crippen molar-refractivity contribution in [1.29, 1.82) is 0 Å². The third-order valence-corrected chi connectivity index (χ3v) is 4.27. The Morgan fingerprint density at radius 2 is 1.71 bits per heavy atom. The summed E-state index contributed by atoms with van der Waals surface area (Å²) in [6.45, 7) is 8.80. The minimum Gasteiger partial charge on any atom is -0.316 e. The van der Waals surface area contributed by atoms with Crippen LogP contribution >= 0.6 is 0 Å². The van der Waals surface area contributed by atoms with Crippen molar-refractivity contribution in [2.45, 2.75) is 39.5 Å². The maximum Gasteiger partial charge on any atom is 0.00233 e. The minimum absolute atomic E-state index is 0.540. The van der Waals surface area contributed by atoms with Crippen molar-refractivity contribution < 1.29 is 0 Å². The van der Waals surface area contributed by atoms with Crippen molar-refractivity contribution in [3.05, 3.63) is 70.8 Å². The molecule has 2 aromatic rings. The predicted molar refractivity (Wildman–Crippen MR) is 92.0 cm³/mol. The van der Waals surface area contributed by atoms with Gasteiger partial charge in [-0.1, -0.05) is 55.5 Å². The summed E-state index contributed by atoms with van der Waals surface area (Å²) in [6, 6.07) is 17.5. The Labute approximate surface area is 129 Å². The maximum atomic E-state index is 3.59. The molecule has 1 heteroatoms. The van der Waals surface area contributed by atoms with Crippen LogP contribution in [-0.4, -0.2) is 13.1 Å². The fourth-order valence-corrected chi connectivity index (χ4v) is 2.78. The van der Waals surface area contributed by atoms with Crippen LogP contribution in [0.1, 0.15) is 41.5 Å². The number of nitrogens with one attached hydrogen (secondary N) is 1. The Morgan fingerprint density at radius 3 is 2.43 bits per heavy atom. The highest BCUT2D eigenvalue weighted by Gasteiger charge is 2.13. The van der Waals surface area contributed by atoms with E-state index in [-0.39, 0.29) is 0 Å². The molecule has 0 aliphatic carbocycles. The standard InChI is InChI=1S/C20H27N/c1-4-13-21-15-20(18-10-6-5-7-11-18)14-19-12-8-9-16(2)17(19)3/h5-12,20-21H,4,13-15H2,1-3H3. The van der Waals surface area contributed by atoms with Gasteiger partial charge in [0.2, 0.25) is 0 Å². The molecule has 0 saturated heterocycles. The SMILES string of the molecule is CCCNCC(Cc1cccc(C)c1C)c1ccccc1. The molecule has 2 rings (SSSR count). The average molecular weight is 281 g/mol. The van der Waals surface area contributed by atoms with Crippen LogP contribution in [0.4, 0.5) is 0 Å². The van der Waals surface area contributed by atoms with Crippen LogP contribution in [0.25, 0.3) is 0 Å². The fourth-order valence-electron chi connectivity index (χ4n) is 2.78. The molecule has 0 spiro atoms. The minimum atomic E-state index is 0.540. The average Bonchev–Trinajstić information content (AvgIpc) is 2.51. The lowest BCUT2D eigenvalue weighted by atomic mass is 9.89. The summed E-state index contributed by atoms with van der Waals surface area (Å²) in [7, 11) is 0. The summed E-state index contributed by atoms with van der Waals surface area (Å²) in [5.41, 5.74) is 5.74. The molecule has 1 atom stereocenters. The Bertz CT molecular complexity index is 545. The summed E-state index contributed by atoms with van der Waals surface area (Å²) < 4.78 is 0. The number of rotatable bonds is 7. The van der Waals surface area contributed by atoms with Gasteiger partial charge in [-0.2, -0.15) is 0 Å². The van der Waals surface area contributed by atoms with Crippen molar-refractivity contribution in [3.8, 4) is 0 Å². The number of aryl methyl sites for hydroxylation is 1. The largest absolute Gasteiger partial charge is 0.316 e. The van der Waals surface area contributed by atoms with Gasteiger partial charge in [-0.3, -0.25) is 0 Å². The summed E-state index contributed by atoms with van der Waals surface area (Å²) >= 11 is 0. The molecule has 0 radical (unpaired) electrons. The number of benzene rings is 2. The summed E-state index contributed by atoms with van der Waals surface area (Å²) in [4.78, 5) is 0. The zero-order chi connectivity index (χ0) is 15.1. The predicted octanol–water partition coefficient (Wildman–Crippen LogP) is 4.63. The van der Waals surface area contributed by atoms with Crippen LogP contribution in [0, 0.1) is 13.8 Å². The topological polar surface area (TPSA) is 12.0 Å². The van der Waals surface area contributed by atoms with Crippen LogP contribution in [0.5, 0.6) is 0 Å². The van der Waals surface area contributed by atoms with Crippen LogP contribution < -0.4 is 5.32 Å². The molecule has 0 aliphatic heterocycles. The van der Waals surface area contributed by atoms with E-state index in [2.05, 4.69) is 74.6 Å². The molecule has 1 nitrogen and oxygen atoms in total. The molecular formula is C20H27N. The van der Waals surface area contributed by atoms with E-state index >= 15 is 0 Å². The lowest BCUT2D eigenvalue weighted by molar-refractivity contribution is 0.575. The third-order valence-electron chi connectivity index (χ3n) is 4.27. The first-order valence-electron chi connectivity index (χ1n) is 8.03. The van der Waals surface area contributed by atoms with Crippen LogP contribution in [0.3, 0.4) is 0 Å². The van der Waals surface area contributed by atoms with Crippen molar-refractivity contribution in [2.75, 3.05) is 13.1 Å². The molecule has 0 aromatic heterocycles. The number of hydrogen-bond donors (Lipinski definition) is 1. The normalized spacial score (nSPS) is 12.3. The Balaban J connectivity index is 2.17. The summed E-state index contributed by atoms with van der Waals surface area (Å²) in [5.74, 6) is 0.540. The van der Waals surface area contributed by atoms with Gasteiger partial charge < -0.3 is 5.32 Å². The first kappa shape index (κ1) is 15.8. The van der Waals surface area contributed by atoms with Crippen LogP contribution in [-0.2, 0) is 6.42 Å². The van der Waals surface area contributed by atoms with Gasteiger partial charge >= 0.3 is 0 Å². The Kier molecular flexibility index (Phi) is 6.01. The van der Waals surface area contributed by atoms with Crippen molar-refractivity contribution in [2.24, 2.45) is 0 Å². The number of hydrogen-bond acceptors (Lipinski definition) is 1. The molecule has 2 aromatic carbocycles. The molecule has 1 unspecified atom stereocenters. The van der Waals surface area contributed by atoms with Gasteiger partial charge in [-0.05, 0) is 55.5 Å². The van der Waals surface area contributed by atoms with Gasteiger partial charge in [0.05, 0.1) is 0 Å². The molecule has 0 heterocycles. The zero-order valence-corrected chi connectivity index (χ0v) is 13.5. The lowest BCUT2D eigenvalue weighted by Gasteiger charge is -2.20. The Morgan fingerprint density at radius 1 is 0.952 bits per heavy atom. The van der Waals surface area contributed by atoms with Crippen molar-refractivity contribution in [3.63, 3.8) is 0 Å². The Hall–Kier alpha value is -1.60. The van der Waals surface area contributed by atoms with E-state index in [0.29, 0.717) is 5.92 Å². The quantitative estimate of drug-likeness (QED) is 0.730. The van der Waals surface area contributed by atoms with Gasteiger partial charge in [-0.15, -0.1) is 0 Å². The highest BCUT2D eigenvalue weighted by Crippen LogP contribution is 2.23. The van der Waals surface area contributed by atoms with Crippen LogP contribution in [0.15, 0.2) is 48.5 Å². The van der Waals surface area contributed by atoms with Gasteiger partial charge in [0.1, 0.15) is 0 Å². The maximum absolute atomic E-state index is 3.59. The monoisotopic (exact) mass is 281 g/mol. The lowest BCUT2D eigenvalue weighted by Crippen LogP contribution is -2.24. The molecule has 21 heavy (non-hydrogen) atoms. The second-order valence-corrected chi connectivity index (χ2v) is 5.87. The van der Waals surface area contributed by atoms with E-state index < -0.39 is 0 Å². The first-order chi connectivity index (χ1) is 10.2. The molecule has 0 amide bonds. The third kappa shape index (κ3) is 4.44. The molecule has 1 N–H and O–H groups in total. The van der Waals surface area contributed by atoms with E-state index in [4.69, 9.17) is 0 Å².